The van der Waals surface area contributed by atoms with Gasteiger partial charge in [-0.05, 0) is 27.7 Å². The van der Waals surface area contributed by atoms with Crippen molar-refractivity contribution in [3.8, 4) is 0 Å². The van der Waals surface area contributed by atoms with Crippen LogP contribution in [0.4, 0.5) is 4.79 Å². The van der Waals surface area contributed by atoms with E-state index in [4.69, 9.17) is 4.74 Å². The van der Waals surface area contributed by atoms with E-state index in [-0.39, 0.29) is 23.9 Å². The van der Waals surface area contributed by atoms with Crippen molar-refractivity contribution in [1.29, 1.82) is 0 Å². The summed E-state index contributed by atoms with van der Waals surface area (Å²) in [6.07, 6.45) is 0.903. The fourth-order valence-corrected chi connectivity index (χ4v) is 2.97. The van der Waals surface area contributed by atoms with Crippen molar-refractivity contribution in [2.24, 2.45) is 0 Å². The first-order valence-corrected chi connectivity index (χ1v) is 8.44. The van der Waals surface area contributed by atoms with Crippen LogP contribution in [0.3, 0.4) is 0 Å². The Labute approximate surface area is 115 Å². The Bertz CT molecular complexity index is 422. The predicted octanol–water partition coefficient (Wildman–Crippen LogP) is 0.628. The third-order valence-corrected chi connectivity index (χ3v) is 3.71. The van der Waals surface area contributed by atoms with Gasteiger partial charge in [-0.2, -0.15) is 0 Å². The highest BCUT2D eigenvalue weighted by atomic mass is 32.2. The summed E-state index contributed by atoms with van der Waals surface area (Å²) in [4.78, 5) is 13.3. The summed E-state index contributed by atoms with van der Waals surface area (Å²) in [5.74, 6) is 0.107. The number of carbonyl (C=O) groups excluding carboxylic acids is 1. The number of carbonyl (C=O) groups is 1. The molecule has 7 heteroatoms. The highest BCUT2D eigenvalue weighted by molar-refractivity contribution is 7.90. The number of ether oxygens (including phenoxy) is 1. The first kappa shape index (κ1) is 16.2. The molecule has 1 unspecified atom stereocenters. The van der Waals surface area contributed by atoms with Gasteiger partial charge in [0, 0.05) is 31.4 Å². The van der Waals surface area contributed by atoms with Gasteiger partial charge in [0.25, 0.3) is 0 Å². The molecule has 0 spiro atoms. The molecule has 0 radical (unpaired) electrons. The SMILES string of the molecule is CC(CS(C)(=O)=O)NC1CN(C(=O)OC(C)(C)C)C1. The first-order valence-electron chi connectivity index (χ1n) is 6.38. The zero-order valence-electron chi connectivity index (χ0n) is 12.3. The van der Waals surface area contributed by atoms with Crippen LogP contribution in [-0.4, -0.2) is 62.2 Å². The van der Waals surface area contributed by atoms with Crippen molar-refractivity contribution in [3.63, 3.8) is 0 Å². The lowest BCUT2D eigenvalue weighted by atomic mass is 10.1. The molecule has 1 aliphatic rings. The fourth-order valence-electron chi connectivity index (χ4n) is 1.96. The third-order valence-electron chi connectivity index (χ3n) is 2.61. The molecule has 112 valence electrons. The number of hydrogen-bond donors (Lipinski definition) is 1. The molecule has 0 saturated carbocycles. The first-order chi connectivity index (χ1) is 8.46. The van der Waals surface area contributed by atoms with Crippen LogP contribution < -0.4 is 5.32 Å². The Morgan fingerprint density at radius 2 is 1.95 bits per heavy atom. The highest BCUT2D eigenvalue weighted by Crippen LogP contribution is 2.15. The van der Waals surface area contributed by atoms with Gasteiger partial charge < -0.3 is 15.0 Å². The second kappa shape index (κ2) is 5.66. The molecule has 1 N–H and O–H groups in total. The summed E-state index contributed by atoms with van der Waals surface area (Å²) < 4.78 is 27.5. The number of amides is 1. The van der Waals surface area contributed by atoms with Crippen molar-refractivity contribution in [2.75, 3.05) is 25.1 Å². The van der Waals surface area contributed by atoms with Crippen LogP contribution in [0.2, 0.25) is 0 Å². The molecule has 0 aromatic heterocycles. The monoisotopic (exact) mass is 292 g/mol. The van der Waals surface area contributed by atoms with Gasteiger partial charge in [0.05, 0.1) is 5.75 Å². The van der Waals surface area contributed by atoms with Gasteiger partial charge in [-0.1, -0.05) is 0 Å². The number of nitrogens with zero attached hydrogens (tertiary/aromatic N) is 1. The van der Waals surface area contributed by atoms with Crippen LogP contribution in [-0.2, 0) is 14.6 Å². The van der Waals surface area contributed by atoms with Crippen molar-refractivity contribution in [2.45, 2.75) is 45.4 Å². The molecule has 19 heavy (non-hydrogen) atoms. The Morgan fingerprint density at radius 3 is 2.37 bits per heavy atom. The van der Waals surface area contributed by atoms with E-state index in [9.17, 15) is 13.2 Å². The van der Waals surface area contributed by atoms with E-state index in [0.29, 0.717) is 13.1 Å². The van der Waals surface area contributed by atoms with Gasteiger partial charge in [-0.3, -0.25) is 0 Å². The van der Waals surface area contributed by atoms with E-state index in [0.717, 1.165) is 0 Å². The molecule has 1 heterocycles. The van der Waals surface area contributed by atoms with Gasteiger partial charge in [0.15, 0.2) is 0 Å². The molecule has 1 amide bonds. The van der Waals surface area contributed by atoms with Crippen molar-refractivity contribution in [3.05, 3.63) is 0 Å². The molecule has 1 aliphatic heterocycles. The van der Waals surface area contributed by atoms with Crippen LogP contribution in [0.5, 0.6) is 0 Å². The topological polar surface area (TPSA) is 75.7 Å². The molecular formula is C12H24N2O4S. The Hall–Kier alpha value is -0.820. The van der Waals surface area contributed by atoms with Crippen LogP contribution in [0, 0.1) is 0 Å². The molecule has 1 fully saturated rings. The minimum atomic E-state index is -2.97. The molecule has 6 nitrogen and oxygen atoms in total. The Balaban J connectivity index is 2.29. The van der Waals surface area contributed by atoms with Gasteiger partial charge in [0.2, 0.25) is 0 Å². The second-order valence-electron chi connectivity index (χ2n) is 6.24. The van der Waals surface area contributed by atoms with Gasteiger partial charge >= 0.3 is 6.09 Å². The molecule has 0 aliphatic carbocycles. The highest BCUT2D eigenvalue weighted by Gasteiger charge is 2.34. The lowest BCUT2D eigenvalue weighted by molar-refractivity contribution is 0.00458. The van der Waals surface area contributed by atoms with Crippen LogP contribution >= 0.6 is 0 Å². The molecular weight excluding hydrogens is 268 g/mol. The molecule has 1 atom stereocenters. The number of likely N-dealkylation sites (tertiary alicyclic amines) is 1. The lowest BCUT2D eigenvalue weighted by Crippen LogP contribution is -2.62. The van der Waals surface area contributed by atoms with Crippen molar-refractivity contribution in [1.82, 2.24) is 10.2 Å². The molecule has 1 rings (SSSR count). The Kier molecular flexibility index (Phi) is 4.84. The largest absolute Gasteiger partial charge is 0.444 e. The van der Waals surface area contributed by atoms with Crippen molar-refractivity contribution >= 4 is 15.9 Å². The quantitative estimate of drug-likeness (QED) is 0.822. The summed E-state index contributed by atoms with van der Waals surface area (Å²) in [6.45, 7) is 8.43. The fraction of sp³-hybridized carbons (Fsp3) is 0.917. The molecule has 0 bridgehead atoms. The third kappa shape index (κ3) is 6.24. The van der Waals surface area contributed by atoms with Gasteiger partial charge in [0.1, 0.15) is 15.4 Å². The average Bonchev–Trinajstić information content (AvgIpc) is 2.03. The van der Waals surface area contributed by atoms with E-state index < -0.39 is 15.4 Å². The maximum absolute atomic E-state index is 11.7. The number of sulfone groups is 1. The summed E-state index contributed by atoms with van der Waals surface area (Å²) in [5, 5.41) is 3.19. The van der Waals surface area contributed by atoms with Gasteiger partial charge in [-0.15, -0.1) is 0 Å². The summed E-state index contributed by atoms with van der Waals surface area (Å²) in [7, 11) is -2.97. The minimum Gasteiger partial charge on any atom is -0.444 e. The summed E-state index contributed by atoms with van der Waals surface area (Å²) in [6, 6.07) is 0.0325. The van der Waals surface area contributed by atoms with Crippen LogP contribution in [0.25, 0.3) is 0 Å². The maximum Gasteiger partial charge on any atom is 0.410 e. The standard InChI is InChI=1S/C12H24N2O4S/c1-9(8-19(5,16)17)13-10-6-14(7-10)11(15)18-12(2,3)4/h9-10,13H,6-8H2,1-5H3. The lowest BCUT2D eigenvalue weighted by Gasteiger charge is -2.41. The maximum atomic E-state index is 11.7. The van der Waals surface area contributed by atoms with E-state index in [2.05, 4.69) is 5.32 Å². The number of rotatable bonds is 4. The number of nitrogens with one attached hydrogen (secondary N) is 1. The zero-order valence-corrected chi connectivity index (χ0v) is 13.1. The minimum absolute atomic E-state index is 0.107. The van der Waals surface area contributed by atoms with Crippen LogP contribution in [0.15, 0.2) is 0 Å². The molecule has 0 aromatic rings. The number of hydrogen-bond acceptors (Lipinski definition) is 5. The summed E-state index contributed by atoms with van der Waals surface area (Å²) in [5.41, 5.74) is -0.487. The molecule has 0 aromatic carbocycles. The Morgan fingerprint density at radius 1 is 1.42 bits per heavy atom. The van der Waals surface area contributed by atoms with Crippen LogP contribution in [0.1, 0.15) is 27.7 Å². The molecule has 1 saturated heterocycles. The summed E-state index contributed by atoms with van der Waals surface area (Å²) >= 11 is 0. The van der Waals surface area contributed by atoms with E-state index in [1.165, 1.54) is 6.26 Å². The van der Waals surface area contributed by atoms with Gasteiger partial charge in [-0.25, -0.2) is 13.2 Å². The normalized spacial score (nSPS) is 18.9. The second-order valence-corrected chi connectivity index (χ2v) is 8.43. The predicted molar refractivity (Wildman–Crippen MR) is 73.9 cm³/mol. The average molecular weight is 292 g/mol. The van der Waals surface area contributed by atoms with E-state index in [1.807, 2.05) is 27.7 Å². The van der Waals surface area contributed by atoms with E-state index in [1.54, 1.807) is 4.90 Å². The zero-order chi connectivity index (χ0) is 14.8. The van der Waals surface area contributed by atoms with E-state index >= 15 is 0 Å². The smallest absolute Gasteiger partial charge is 0.410 e. The van der Waals surface area contributed by atoms with Crippen molar-refractivity contribution < 1.29 is 17.9 Å².